The Labute approximate surface area is 183 Å². The maximum Gasteiger partial charge on any atom is 0.270 e. The Morgan fingerprint density at radius 1 is 1.00 bits per heavy atom. The van der Waals surface area contributed by atoms with Gasteiger partial charge in [0.1, 0.15) is 12.4 Å². The third-order valence-corrected chi connectivity index (χ3v) is 5.84. The summed E-state index contributed by atoms with van der Waals surface area (Å²) in [4.78, 5) is 15.0. The predicted molar refractivity (Wildman–Crippen MR) is 124 cm³/mol. The van der Waals surface area contributed by atoms with E-state index >= 15 is 0 Å². The molecule has 0 aromatic heterocycles. The van der Waals surface area contributed by atoms with Crippen molar-refractivity contribution in [2.24, 2.45) is 0 Å². The van der Waals surface area contributed by atoms with Gasteiger partial charge in [-0.2, -0.15) is 0 Å². The van der Waals surface area contributed by atoms with Crippen LogP contribution in [0.15, 0.2) is 83.8 Å². The first kappa shape index (κ1) is 19.7. The van der Waals surface area contributed by atoms with Crippen LogP contribution >= 0.6 is 35.6 Å². The van der Waals surface area contributed by atoms with Gasteiger partial charge in [-0.3, -0.25) is 9.69 Å². The largest absolute Gasteiger partial charge is 0.488 e. The number of carbonyl (C=O) groups is 1. The lowest BCUT2D eigenvalue weighted by molar-refractivity contribution is -0.113. The van der Waals surface area contributed by atoms with Gasteiger partial charge < -0.3 is 4.74 Å². The summed E-state index contributed by atoms with van der Waals surface area (Å²) in [6.07, 6.45) is 1.82. The number of ether oxygens (including phenoxy) is 1. The average Bonchev–Trinajstić information content (AvgIpc) is 3.01. The van der Waals surface area contributed by atoms with Gasteiger partial charge in [-0.1, -0.05) is 90.2 Å². The number of amides is 1. The molecule has 0 saturated carbocycles. The van der Waals surface area contributed by atoms with Crippen molar-refractivity contribution in [3.63, 3.8) is 0 Å². The van der Waals surface area contributed by atoms with Gasteiger partial charge in [-0.05, 0) is 35.9 Å². The maximum absolute atomic E-state index is 13.0. The second kappa shape index (κ2) is 8.82. The van der Waals surface area contributed by atoms with Gasteiger partial charge >= 0.3 is 0 Å². The zero-order chi connectivity index (χ0) is 20.2. The number of carbonyl (C=O) groups excluding carboxylic acids is 1. The average molecular weight is 438 g/mol. The van der Waals surface area contributed by atoms with Crippen LogP contribution in [0.3, 0.4) is 0 Å². The van der Waals surface area contributed by atoms with Crippen LogP contribution in [-0.4, -0.2) is 10.2 Å². The molecular formula is C23H16ClNO2S2. The van der Waals surface area contributed by atoms with Crippen molar-refractivity contribution in [3.05, 3.63) is 99.9 Å². The number of halogens is 1. The SMILES string of the molecule is O=C1/C(=C/c2ccccc2OCc2ccccc2)SC(=S)N1c1cccc(Cl)c1. The van der Waals surface area contributed by atoms with E-state index in [2.05, 4.69) is 0 Å². The highest BCUT2D eigenvalue weighted by atomic mass is 35.5. The highest BCUT2D eigenvalue weighted by Gasteiger charge is 2.33. The Morgan fingerprint density at radius 2 is 1.76 bits per heavy atom. The third-order valence-electron chi connectivity index (χ3n) is 4.30. The molecule has 3 aromatic rings. The lowest BCUT2D eigenvalue weighted by atomic mass is 10.1. The first-order chi connectivity index (χ1) is 14.1. The van der Waals surface area contributed by atoms with E-state index in [-0.39, 0.29) is 5.91 Å². The van der Waals surface area contributed by atoms with Crippen LogP contribution in [0.4, 0.5) is 5.69 Å². The highest BCUT2D eigenvalue weighted by molar-refractivity contribution is 8.27. The summed E-state index contributed by atoms with van der Waals surface area (Å²) >= 11 is 12.8. The molecule has 0 N–H and O–H groups in total. The minimum absolute atomic E-state index is 0.167. The van der Waals surface area contributed by atoms with Gasteiger partial charge in [-0.25, -0.2) is 0 Å². The quantitative estimate of drug-likeness (QED) is 0.345. The number of nitrogens with zero attached hydrogens (tertiary/aromatic N) is 1. The van der Waals surface area contributed by atoms with Gasteiger partial charge in [0.15, 0.2) is 4.32 Å². The molecule has 1 amide bonds. The van der Waals surface area contributed by atoms with Crippen molar-refractivity contribution in [2.45, 2.75) is 6.61 Å². The van der Waals surface area contributed by atoms with Crippen LogP contribution in [0.1, 0.15) is 11.1 Å². The molecule has 1 heterocycles. The van der Waals surface area contributed by atoms with Crippen molar-refractivity contribution >= 4 is 57.6 Å². The summed E-state index contributed by atoms with van der Waals surface area (Å²) in [5.74, 6) is 0.546. The van der Waals surface area contributed by atoms with Gasteiger partial charge in [-0.15, -0.1) is 0 Å². The summed E-state index contributed by atoms with van der Waals surface area (Å²) in [6.45, 7) is 0.454. The molecule has 29 heavy (non-hydrogen) atoms. The van der Waals surface area contributed by atoms with Gasteiger partial charge in [0, 0.05) is 10.6 Å². The molecule has 0 spiro atoms. The summed E-state index contributed by atoms with van der Waals surface area (Å²) in [5, 5.41) is 0.556. The topological polar surface area (TPSA) is 29.5 Å². The standard InChI is InChI=1S/C23H16ClNO2S2/c24-18-10-6-11-19(14-18)25-22(26)21(29-23(25)28)13-17-9-4-5-12-20(17)27-15-16-7-2-1-3-8-16/h1-14H,15H2/b21-13-. The number of anilines is 1. The molecule has 4 rings (SSSR count). The Balaban J connectivity index is 1.58. The summed E-state index contributed by atoms with van der Waals surface area (Å²) < 4.78 is 6.47. The Morgan fingerprint density at radius 3 is 2.55 bits per heavy atom. The zero-order valence-electron chi connectivity index (χ0n) is 15.2. The smallest absolute Gasteiger partial charge is 0.270 e. The molecule has 1 aliphatic rings. The van der Waals surface area contributed by atoms with E-state index in [1.54, 1.807) is 18.2 Å². The summed E-state index contributed by atoms with van der Waals surface area (Å²) in [6, 6.07) is 24.7. The van der Waals surface area contributed by atoms with E-state index in [9.17, 15) is 4.79 Å². The highest BCUT2D eigenvalue weighted by Crippen LogP contribution is 2.37. The fraction of sp³-hybridized carbons (Fsp3) is 0.0435. The molecule has 0 radical (unpaired) electrons. The van der Waals surface area contributed by atoms with Crippen molar-refractivity contribution < 1.29 is 9.53 Å². The first-order valence-corrected chi connectivity index (χ1v) is 10.5. The molecular weight excluding hydrogens is 422 g/mol. The van der Waals surface area contributed by atoms with E-state index in [1.165, 1.54) is 16.7 Å². The molecule has 1 saturated heterocycles. The number of benzene rings is 3. The van der Waals surface area contributed by atoms with Crippen LogP contribution in [-0.2, 0) is 11.4 Å². The van der Waals surface area contributed by atoms with E-state index < -0.39 is 0 Å². The van der Waals surface area contributed by atoms with Crippen LogP contribution in [0.5, 0.6) is 5.75 Å². The van der Waals surface area contributed by atoms with Gasteiger partial charge in [0.05, 0.1) is 10.6 Å². The summed E-state index contributed by atoms with van der Waals surface area (Å²) in [5.41, 5.74) is 2.57. The Bertz CT molecular complexity index is 1100. The molecule has 3 nitrogen and oxygen atoms in total. The molecule has 6 heteroatoms. The first-order valence-electron chi connectivity index (χ1n) is 8.91. The second-order valence-corrected chi connectivity index (χ2v) is 8.42. The van der Waals surface area contributed by atoms with Crippen LogP contribution < -0.4 is 9.64 Å². The predicted octanol–water partition coefficient (Wildman–Crippen LogP) is 6.32. The Hall–Kier alpha value is -2.60. The number of thiocarbonyl (C=S) groups is 1. The number of para-hydroxylation sites is 1. The zero-order valence-corrected chi connectivity index (χ0v) is 17.6. The minimum Gasteiger partial charge on any atom is -0.488 e. The third kappa shape index (κ3) is 4.53. The van der Waals surface area contributed by atoms with Crippen LogP contribution in [0.25, 0.3) is 6.08 Å². The maximum atomic E-state index is 13.0. The summed E-state index contributed by atoms with van der Waals surface area (Å²) in [7, 11) is 0. The van der Waals surface area contributed by atoms with Crippen LogP contribution in [0, 0.1) is 0 Å². The molecule has 0 atom stereocenters. The molecule has 1 fully saturated rings. The fourth-order valence-electron chi connectivity index (χ4n) is 2.91. The van der Waals surface area contributed by atoms with E-state index in [1.807, 2.05) is 66.7 Å². The van der Waals surface area contributed by atoms with Crippen molar-refractivity contribution in [3.8, 4) is 5.75 Å². The number of thioether (sulfide) groups is 1. The molecule has 0 aliphatic carbocycles. The minimum atomic E-state index is -0.167. The molecule has 1 aliphatic heterocycles. The molecule has 0 bridgehead atoms. The second-order valence-electron chi connectivity index (χ2n) is 6.31. The van der Waals surface area contributed by atoms with Crippen molar-refractivity contribution in [2.75, 3.05) is 4.90 Å². The Kier molecular flexibility index (Phi) is 6.00. The molecule has 3 aromatic carbocycles. The van der Waals surface area contributed by atoms with E-state index in [4.69, 9.17) is 28.6 Å². The lowest BCUT2D eigenvalue weighted by Gasteiger charge is -2.14. The van der Waals surface area contributed by atoms with Gasteiger partial charge in [0.2, 0.25) is 0 Å². The number of rotatable bonds is 5. The molecule has 0 unspecified atom stereocenters. The van der Waals surface area contributed by atoms with Crippen molar-refractivity contribution in [1.29, 1.82) is 0 Å². The van der Waals surface area contributed by atoms with Crippen molar-refractivity contribution in [1.82, 2.24) is 0 Å². The fourth-order valence-corrected chi connectivity index (χ4v) is 4.39. The van der Waals surface area contributed by atoms with Crippen LogP contribution in [0.2, 0.25) is 5.02 Å². The monoisotopic (exact) mass is 437 g/mol. The number of hydrogen-bond donors (Lipinski definition) is 0. The van der Waals surface area contributed by atoms with Gasteiger partial charge in [0.25, 0.3) is 5.91 Å². The number of hydrogen-bond acceptors (Lipinski definition) is 4. The van der Waals surface area contributed by atoms with E-state index in [0.717, 1.165) is 11.1 Å². The molecule has 144 valence electrons. The normalized spacial score (nSPS) is 15.2. The lowest BCUT2D eigenvalue weighted by Crippen LogP contribution is -2.27. The van der Waals surface area contributed by atoms with E-state index in [0.29, 0.717) is 32.3 Å².